The van der Waals surface area contributed by atoms with Crippen LogP contribution in [0.1, 0.15) is 5.56 Å². The molecule has 0 amide bonds. The van der Waals surface area contributed by atoms with E-state index >= 15 is 0 Å². The number of phenolic OH excluding ortho intramolecular Hbond substituents is 1. The average molecular weight is 293 g/mol. The van der Waals surface area contributed by atoms with Gasteiger partial charge in [-0.15, -0.1) is 0 Å². The summed E-state index contributed by atoms with van der Waals surface area (Å²) in [5, 5.41) is 11.1. The average Bonchev–Trinajstić information content (AvgIpc) is 2.76. The van der Waals surface area contributed by atoms with Gasteiger partial charge < -0.3 is 9.51 Å². The summed E-state index contributed by atoms with van der Waals surface area (Å²) in [6, 6.07) is 6.74. The molecular formula is C14H10Cl2N2O. The molecule has 3 rings (SSSR count). The number of aromatic hydroxyl groups is 1. The van der Waals surface area contributed by atoms with E-state index in [1.807, 2.05) is 23.6 Å². The van der Waals surface area contributed by atoms with Gasteiger partial charge in [0.05, 0.1) is 10.7 Å². The number of halogens is 2. The van der Waals surface area contributed by atoms with E-state index < -0.39 is 0 Å². The van der Waals surface area contributed by atoms with Gasteiger partial charge >= 0.3 is 0 Å². The van der Waals surface area contributed by atoms with Crippen molar-refractivity contribution in [1.82, 2.24) is 9.38 Å². The van der Waals surface area contributed by atoms with Crippen LogP contribution in [-0.4, -0.2) is 14.5 Å². The number of aryl methyl sites for hydroxylation is 1. The third-order valence-electron chi connectivity index (χ3n) is 2.94. The quantitative estimate of drug-likeness (QED) is 0.725. The minimum absolute atomic E-state index is 0.150. The van der Waals surface area contributed by atoms with Crippen molar-refractivity contribution in [3.05, 3.63) is 52.3 Å². The van der Waals surface area contributed by atoms with Crippen LogP contribution in [-0.2, 0) is 0 Å². The molecule has 0 radical (unpaired) electrons. The summed E-state index contributed by atoms with van der Waals surface area (Å²) < 4.78 is 1.84. The molecule has 3 aromatic rings. The van der Waals surface area contributed by atoms with E-state index in [4.69, 9.17) is 23.2 Å². The van der Waals surface area contributed by atoms with Crippen LogP contribution >= 0.6 is 23.2 Å². The molecule has 0 saturated heterocycles. The van der Waals surface area contributed by atoms with E-state index in [0.29, 0.717) is 21.3 Å². The number of nitrogens with zero attached hydrogens (tertiary/aromatic N) is 2. The highest BCUT2D eigenvalue weighted by Gasteiger charge is 2.11. The van der Waals surface area contributed by atoms with Crippen LogP contribution in [0.25, 0.3) is 16.9 Å². The largest absolute Gasteiger partial charge is 0.507 e. The van der Waals surface area contributed by atoms with Crippen molar-refractivity contribution in [2.45, 2.75) is 6.92 Å². The van der Waals surface area contributed by atoms with Gasteiger partial charge in [-0.1, -0.05) is 23.2 Å². The molecule has 0 aliphatic carbocycles. The second kappa shape index (κ2) is 4.44. The second-order valence-corrected chi connectivity index (χ2v) is 5.23. The molecule has 2 aromatic heterocycles. The number of rotatable bonds is 1. The van der Waals surface area contributed by atoms with E-state index in [-0.39, 0.29) is 5.75 Å². The zero-order valence-corrected chi connectivity index (χ0v) is 11.6. The molecule has 5 heteroatoms. The number of pyridine rings is 1. The van der Waals surface area contributed by atoms with E-state index in [0.717, 1.165) is 11.2 Å². The molecule has 0 atom stereocenters. The van der Waals surface area contributed by atoms with E-state index in [1.165, 1.54) is 0 Å². The first-order valence-electron chi connectivity index (χ1n) is 5.68. The van der Waals surface area contributed by atoms with Crippen LogP contribution < -0.4 is 0 Å². The van der Waals surface area contributed by atoms with Crippen LogP contribution in [0.3, 0.4) is 0 Å². The molecule has 0 unspecified atom stereocenters. The van der Waals surface area contributed by atoms with Crippen LogP contribution in [0.5, 0.6) is 5.75 Å². The van der Waals surface area contributed by atoms with Crippen LogP contribution in [0, 0.1) is 6.92 Å². The molecule has 2 heterocycles. The Hall–Kier alpha value is -1.71. The maximum atomic E-state index is 9.90. The standard InChI is InChI=1S/C14H10Cl2N2O/c1-8-4-10(16)6-18-7-12(17-14(8)18)11-5-9(15)2-3-13(11)19/h2-7,19H,1H3. The molecule has 0 aliphatic heterocycles. The monoisotopic (exact) mass is 292 g/mol. The first kappa shape index (κ1) is 12.3. The Morgan fingerprint density at radius 1 is 1.11 bits per heavy atom. The number of benzene rings is 1. The lowest BCUT2D eigenvalue weighted by Crippen LogP contribution is -1.85. The predicted molar refractivity (Wildman–Crippen MR) is 77.0 cm³/mol. The van der Waals surface area contributed by atoms with Gasteiger partial charge in [0, 0.05) is 23.0 Å². The third kappa shape index (κ3) is 2.15. The van der Waals surface area contributed by atoms with Gasteiger partial charge in [-0.25, -0.2) is 4.98 Å². The van der Waals surface area contributed by atoms with Crippen molar-refractivity contribution >= 4 is 28.8 Å². The number of hydrogen-bond acceptors (Lipinski definition) is 2. The fraction of sp³-hybridized carbons (Fsp3) is 0.0714. The topological polar surface area (TPSA) is 37.5 Å². The first-order chi connectivity index (χ1) is 9.04. The van der Waals surface area contributed by atoms with Gasteiger partial charge in [0.2, 0.25) is 0 Å². The molecule has 0 fully saturated rings. The lowest BCUT2D eigenvalue weighted by Gasteiger charge is -2.00. The van der Waals surface area contributed by atoms with Gasteiger partial charge in [0.25, 0.3) is 0 Å². The summed E-state index contributed by atoms with van der Waals surface area (Å²) in [6.45, 7) is 1.94. The molecule has 0 bridgehead atoms. The molecule has 0 spiro atoms. The highest BCUT2D eigenvalue weighted by atomic mass is 35.5. The molecule has 0 aliphatic rings. The van der Waals surface area contributed by atoms with Gasteiger partial charge in [0.1, 0.15) is 11.4 Å². The predicted octanol–water partition coefficient (Wildman–Crippen LogP) is 4.32. The van der Waals surface area contributed by atoms with Crippen molar-refractivity contribution in [1.29, 1.82) is 0 Å². The molecule has 3 nitrogen and oxygen atoms in total. The lowest BCUT2D eigenvalue weighted by atomic mass is 10.1. The maximum Gasteiger partial charge on any atom is 0.140 e. The van der Waals surface area contributed by atoms with Gasteiger partial charge in [-0.05, 0) is 36.8 Å². The van der Waals surface area contributed by atoms with Crippen molar-refractivity contribution in [3.8, 4) is 17.0 Å². The summed E-state index contributed by atoms with van der Waals surface area (Å²) >= 11 is 12.0. The fourth-order valence-corrected chi connectivity index (χ4v) is 2.51. The Morgan fingerprint density at radius 2 is 1.89 bits per heavy atom. The summed E-state index contributed by atoms with van der Waals surface area (Å²) in [4.78, 5) is 4.51. The number of fused-ring (bicyclic) bond motifs is 1. The summed E-state index contributed by atoms with van der Waals surface area (Å²) in [7, 11) is 0. The highest BCUT2D eigenvalue weighted by Crippen LogP contribution is 2.31. The zero-order chi connectivity index (χ0) is 13.6. The van der Waals surface area contributed by atoms with Crippen molar-refractivity contribution in [3.63, 3.8) is 0 Å². The Morgan fingerprint density at radius 3 is 2.68 bits per heavy atom. The van der Waals surface area contributed by atoms with Gasteiger partial charge in [-0.2, -0.15) is 0 Å². The Kier molecular flexibility index (Phi) is 2.88. The summed E-state index contributed by atoms with van der Waals surface area (Å²) in [5.74, 6) is 0.150. The normalized spacial score (nSPS) is 11.1. The van der Waals surface area contributed by atoms with Crippen LogP contribution in [0.2, 0.25) is 10.0 Å². The molecular weight excluding hydrogens is 283 g/mol. The SMILES string of the molecule is Cc1cc(Cl)cn2cc(-c3cc(Cl)ccc3O)nc12. The molecule has 96 valence electrons. The molecule has 1 aromatic carbocycles. The fourth-order valence-electron chi connectivity index (χ4n) is 2.07. The van der Waals surface area contributed by atoms with Crippen molar-refractivity contribution < 1.29 is 5.11 Å². The number of hydrogen-bond donors (Lipinski definition) is 1. The summed E-state index contributed by atoms with van der Waals surface area (Å²) in [5.41, 5.74) is 3.04. The number of imidazole rings is 1. The minimum atomic E-state index is 0.150. The molecule has 19 heavy (non-hydrogen) atoms. The highest BCUT2D eigenvalue weighted by molar-refractivity contribution is 6.31. The zero-order valence-electron chi connectivity index (χ0n) is 10.1. The molecule has 1 N–H and O–H groups in total. The molecule has 0 saturated carbocycles. The maximum absolute atomic E-state index is 9.90. The minimum Gasteiger partial charge on any atom is -0.507 e. The number of aromatic nitrogens is 2. The van der Waals surface area contributed by atoms with Crippen LogP contribution in [0.4, 0.5) is 0 Å². The summed E-state index contributed by atoms with van der Waals surface area (Å²) in [6.07, 6.45) is 3.60. The van der Waals surface area contributed by atoms with Gasteiger partial charge in [-0.3, -0.25) is 0 Å². The van der Waals surface area contributed by atoms with Crippen molar-refractivity contribution in [2.75, 3.05) is 0 Å². The number of phenols is 1. The Labute approximate surface area is 120 Å². The van der Waals surface area contributed by atoms with Crippen molar-refractivity contribution in [2.24, 2.45) is 0 Å². The van der Waals surface area contributed by atoms with E-state index in [9.17, 15) is 5.11 Å². The Balaban J connectivity index is 2.26. The van der Waals surface area contributed by atoms with Gasteiger partial charge in [0.15, 0.2) is 0 Å². The Bertz CT molecular complexity index is 780. The van der Waals surface area contributed by atoms with E-state index in [1.54, 1.807) is 24.4 Å². The smallest absolute Gasteiger partial charge is 0.140 e. The lowest BCUT2D eigenvalue weighted by molar-refractivity contribution is 0.477. The third-order valence-corrected chi connectivity index (χ3v) is 3.38. The first-order valence-corrected chi connectivity index (χ1v) is 6.44. The van der Waals surface area contributed by atoms with Crippen LogP contribution in [0.15, 0.2) is 36.7 Å². The van der Waals surface area contributed by atoms with E-state index in [2.05, 4.69) is 4.98 Å². The second-order valence-electron chi connectivity index (χ2n) is 4.36.